The molecule has 1 aromatic rings. The Kier molecular flexibility index (Phi) is 3.25. The fourth-order valence-electron chi connectivity index (χ4n) is 0.993. The lowest BCUT2D eigenvalue weighted by Gasteiger charge is -2.06. The molecular weight excluding hydrogens is 166 g/mol. The molecule has 0 bridgehead atoms. The minimum Gasteiger partial charge on any atom is -0.386 e. The van der Waals surface area contributed by atoms with Gasteiger partial charge in [-0.3, -0.25) is 9.78 Å². The molecule has 0 fully saturated rings. The molecule has 1 rings (SSSR count). The monoisotopic (exact) mass is 178 g/mol. The molecule has 0 aliphatic heterocycles. The summed E-state index contributed by atoms with van der Waals surface area (Å²) in [5, 5.41) is 5.57. The Labute approximate surface area is 77.4 Å². The van der Waals surface area contributed by atoms with Gasteiger partial charge in [-0.05, 0) is 13.0 Å². The Morgan fingerprint density at radius 2 is 2.46 bits per heavy atom. The molecule has 1 amide bonds. The van der Waals surface area contributed by atoms with Crippen LogP contribution < -0.4 is 10.6 Å². The number of nitrogens with one attached hydrogen (secondary N) is 2. The molecule has 13 heavy (non-hydrogen) atoms. The van der Waals surface area contributed by atoms with E-state index in [4.69, 9.17) is 0 Å². The summed E-state index contributed by atoms with van der Waals surface area (Å²) in [7, 11) is 1.73. The second-order valence-corrected chi connectivity index (χ2v) is 2.45. The largest absolute Gasteiger partial charge is 0.386 e. The number of anilines is 1. The molecule has 1 heterocycles. The highest BCUT2D eigenvalue weighted by Gasteiger charge is 2.08. The molecule has 2 N–H and O–H groups in total. The number of hydrogen-bond acceptors (Lipinski definition) is 3. The first-order valence-corrected chi connectivity index (χ1v) is 4.12. The second kappa shape index (κ2) is 4.45. The summed E-state index contributed by atoms with van der Waals surface area (Å²) in [5.41, 5.74) is 1.19. The molecular formula is C9H12N3O. The molecule has 0 atom stereocenters. The predicted octanol–water partition coefficient (Wildman–Crippen LogP) is 0.673. The van der Waals surface area contributed by atoms with Gasteiger partial charge in [0.15, 0.2) is 0 Å². The zero-order valence-electron chi connectivity index (χ0n) is 7.72. The Morgan fingerprint density at radius 3 is 3.08 bits per heavy atom. The Balaban J connectivity index is 2.92. The normalized spacial score (nSPS) is 9.38. The summed E-state index contributed by atoms with van der Waals surface area (Å²) in [4.78, 5) is 15.2. The quantitative estimate of drug-likeness (QED) is 0.715. The van der Waals surface area contributed by atoms with Crippen LogP contribution in [0.4, 0.5) is 5.69 Å². The number of nitrogens with zero attached hydrogens (tertiary/aromatic N) is 1. The molecule has 0 aliphatic carbocycles. The summed E-state index contributed by atoms with van der Waals surface area (Å²) >= 11 is 0. The summed E-state index contributed by atoms with van der Waals surface area (Å²) < 4.78 is 0. The summed E-state index contributed by atoms with van der Waals surface area (Å²) in [6, 6.07) is 1.66. The lowest BCUT2D eigenvalue weighted by atomic mass is 10.2. The third-order valence-electron chi connectivity index (χ3n) is 1.59. The van der Waals surface area contributed by atoms with Crippen LogP contribution in [-0.2, 0) is 0 Å². The van der Waals surface area contributed by atoms with Crippen LogP contribution in [0.5, 0.6) is 0 Å². The van der Waals surface area contributed by atoms with Crippen LogP contribution in [0.2, 0.25) is 0 Å². The van der Waals surface area contributed by atoms with Crippen molar-refractivity contribution >= 4 is 11.6 Å². The minimum absolute atomic E-state index is 0.106. The lowest BCUT2D eigenvalue weighted by molar-refractivity contribution is 0.0956. The predicted molar refractivity (Wildman–Crippen MR) is 50.6 cm³/mol. The molecule has 4 heteroatoms. The molecule has 0 aromatic carbocycles. The van der Waals surface area contributed by atoms with Crippen molar-refractivity contribution in [2.45, 2.75) is 6.92 Å². The van der Waals surface area contributed by atoms with Crippen molar-refractivity contribution in [1.29, 1.82) is 0 Å². The Bertz CT molecular complexity index is 299. The van der Waals surface area contributed by atoms with Crippen molar-refractivity contribution in [3.8, 4) is 0 Å². The van der Waals surface area contributed by atoms with Crippen molar-refractivity contribution < 1.29 is 4.79 Å². The molecule has 4 nitrogen and oxygen atoms in total. The molecule has 0 saturated heterocycles. The summed E-state index contributed by atoms with van der Waals surface area (Å²) in [5.74, 6) is -0.106. The van der Waals surface area contributed by atoms with Gasteiger partial charge in [-0.15, -0.1) is 0 Å². The maximum atomic E-state index is 11.4. The van der Waals surface area contributed by atoms with E-state index in [0.29, 0.717) is 17.8 Å². The second-order valence-electron chi connectivity index (χ2n) is 2.45. The average Bonchev–Trinajstić information content (AvgIpc) is 2.18. The van der Waals surface area contributed by atoms with Gasteiger partial charge in [-0.25, -0.2) is 0 Å². The minimum atomic E-state index is -0.106. The zero-order valence-corrected chi connectivity index (χ0v) is 7.72. The molecule has 0 spiro atoms. The molecule has 0 saturated carbocycles. The smallest absolute Gasteiger partial charge is 0.253 e. The first kappa shape index (κ1) is 9.51. The van der Waals surface area contributed by atoms with Crippen molar-refractivity contribution in [3.63, 3.8) is 0 Å². The van der Waals surface area contributed by atoms with E-state index in [1.54, 1.807) is 19.3 Å². The van der Waals surface area contributed by atoms with E-state index in [2.05, 4.69) is 21.8 Å². The van der Waals surface area contributed by atoms with Gasteiger partial charge in [-0.2, -0.15) is 0 Å². The molecule has 0 unspecified atom stereocenters. The van der Waals surface area contributed by atoms with E-state index in [0.717, 1.165) is 0 Å². The van der Waals surface area contributed by atoms with Gasteiger partial charge in [0.1, 0.15) is 6.20 Å². The maximum absolute atomic E-state index is 11.4. The highest BCUT2D eigenvalue weighted by atomic mass is 16.1. The van der Waals surface area contributed by atoms with Gasteiger partial charge in [0, 0.05) is 19.8 Å². The van der Waals surface area contributed by atoms with Crippen LogP contribution in [0.25, 0.3) is 0 Å². The molecule has 1 aromatic heterocycles. The van der Waals surface area contributed by atoms with Crippen LogP contribution >= 0.6 is 0 Å². The number of carbonyl (C=O) groups excluding carboxylic acids is 1. The number of carbonyl (C=O) groups is 1. The van der Waals surface area contributed by atoms with Crippen molar-refractivity contribution in [3.05, 3.63) is 24.0 Å². The fourth-order valence-corrected chi connectivity index (χ4v) is 0.993. The van der Waals surface area contributed by atoms with Crippen LogP contribution in [-0.4, -0.2) is 24.5 Å². The van der Waals surface area contributed by atoms with Gasteiger partial charge >= 0.3 is 0 Å². The van der Waals surface area contributed by atoms with E-state index in [9.17, 15) is 4.79 Å². The third-order valence-corrected chi connectivity index (χ3v) is 1.59. The highest BCUT2D eigenvalue weighted by Crippen LogP contribution is 2.10. The van der Waals surface area contributed by atoms with Crippen LogP contribution in [0.3, 0.4) is 0 Å². The van der Waals surface area contributed by atoms with Crippen molar-refractivity contribution in [1.82, 2.24) is 10.3 Å². The standard InChI is InChI=1S/C9H12N3O/c1-3-12-9(13)7-4-5-11-6-8(7)10-2/h4-5,10H,3H2,1-2H3,(H,12,13). The number of hydrogen-bond donors (Lipinski definition) is 2. The van der Waals surface area contributed by atoms with Gasteiger partial charge in [0.25, 0.3) is 5.91 Å². The van der Waals surface area contributed by atoms with Crippen LogP contribution in [0.15, 0.2) is 12.3 Å². The summed E-state index contributed by atoms with van der Waals surface area (Å²) in [6.45, 7) is 2.49. The topological polar surface area (TPSA) is 54.0 Å². The van der Waals surface area contributed by atoms with Crippen molar-refractivity contribution in [2.75, 3.05) is 18.9 Å². The molecule has 69 valence electrons. The van der Waals surface area contributed by atoms with Gasteiger partial charge < -0.3 is 10.6 Å². The fraction of sp³-hybridized carbons (Fsp3) is 0.333. The van der Waals surface area contributed by atoms with E-state index in [1.807, 2.05) is 6.92 Å². The Hall–Kier alpha value is -1.58. The van der Waals surface area contributed by atoms with E-state index < -0.39 is 0 Å². The zero-order chi connectivity index (χ0) is 9.68. The molecule has 1 radical (unpaired) electrons. The van der Waals surface area contributed by atoms with E-state index in [-0.39, 0.29) is 5.91 Å². The Morgan fingerprint density at radius 1 is 1.69 bits per heavy atom. The lowest BCUT2D eigenvalue weighted by Crippen LogP contribution is -2.23. The van der Waals surface area contributed by atoms with Gasteiger partial charge in [0.2, 0.25) is 0 Å². The van der Waals surface area contributed by atoms with Crippen molar-refractivity contribution in [2.24, 2.45) is 0 Å². The number of rotatable bonds is 3. The number of aromatic nitrogens is 1. The first-order valence-electron chi connectivity index (χ1n) is 4.12. The van der Waals surface area contributed by atoms with Gasteiger partial charge in [-0.1, -0.05) is 0 Å². The third kappa shape index (κ3) is 2.18. The number of amides is 1. The van der Waals surface area contributed by atoms with Crippen LogP contribution in [0, 0.1) is 6.20 Å². The first-order chi connectivity index (χ1) is 6.29. The molecule has 0 aliphatic rings. The highest BCUT2D eigenvalue weighted by molar-refractivity contribution is 5.99. The van der Waals surface area contributed by atoms with E-state index >= 15 is 0 Å². The van der Waals surface area contributed by atoms with E-state index in [1.165, 1.54) is 0 Å². The average molecular weight is 178 g/mol. The maximum Gasteiger partial charge on any atom is 0.253 e. The van der Waals surface area contributed by atoms with Gasteiger partial charge in [0.05, 0.1) is 11.3 Å². The number of pyridine rings is 1. The summed E-state index contributed by atoms with van der Waals surface area (Å²) in [6.07, 6.45) is 4.25. The SMILES string of the molecule is CCNC(=O)c1ccn[c]c1NC. The van der Waals surface area contributed by atoms with Crippen LogP contribution in [0.1, 0.15) is 17.3 Å².